The number of benzene rings is 1. The van der Waals surface area contributed by atoms with Gasteiger partial charge < -0.3 is 5.73 Å². The van der Waals surface area contributed by atoms with E-state index in [0.29, 0.717) is 17.1 Å². The molecule has 4 heteroatoms. The largest absolute Gasteiger partial charge is 0.383 e. The van der Waals surface area contributed by atoms with E-state index in [9.17, 15) is 5.26 Å². The molecule has 0 fully saturated rings. The Morgan fingerprint density at radius 2 is 1.95 bits per heavy atom. The highest BCUT2D eigenvalue weighted by Crippen LogP contribution is 2.29. The molecule has 3 aromatic rings. The number of hydrogen-bond donors (Lipinski definition) is 1. The number of nitriles is 1. The van der Waals surface area contributed by atoms with Gasteiger partial charge in [-0.3, -0.25) is 4.40 Å². The summed E-state index contributed by atoms with van der Waals surface area (Å²) < 4.78 is 1.89. The summed E-state index contributed by atoms with van der Waals surface area (Å²) in [6.07, 6.45) is 0. The molecule has 92 valence electrons. The lowest BCUT2D eigenvalue weighted by Gasteiger charge is -2.03. The number of pyridine rings is 1. The summed E-state index contributed by atoms with van der Waals surface area (Å²) in [7, 11) is 0. The van der Waals surface area contributed by atoms with E-state index in [1.54, 1.807) is 6.07 Å². The van der Waals surface area contributed by atoms with Gasteiger partial charge in [-0.15, -0.1) is 0 Å². The molecule has 0 atom stereocenters. The number of aromatic nitrogens is 2. The van der Waals surface area contributed by atoms with Crippen LogP contribution in [0.3, 0.4) is 0 Å². The van der Waals surface area contributed by atoms with Gasteiger partial charge in [-0.2, -0.15) is 5.26 Å². The molecule has 2 heterocycles. The lowest BCUT2D eigenvalue weighted by Crippen LogP contribution is -1.97. The average molecular weight is 248 g/mol. The van der Waals surface area contributed by atoms with Gasteiger partial charge in [0.15, 0.2) is 0 Å². The fraction of sp³-hybridized carbons (Fsp3) is 0.0667. The van der Waals surface area contributed by atoms with Gasteiger partial charge in [-0.05, 0) is 25.1 Å². The van der Waals surface area contributed by atoms with E-state index < -0.39 is 0 Å². The Kier molecular flexibility index (Phi) is 2.46. The van der Waals surface area contributed by atoms with Crippen molar-refractivity contribution in [1.29, 1.82) is 5.26 Å². The highest BCUT2D eigenvalue weighted by atomic mass is 15.1. The SMILES string of the molecule is Cc1cccc2nc(-c3ccccc3C#N)c(N)n12. The number of imidazole rings is 1. The Bertz CT molecular complexity index is 809. The number of nitrogens with two attached hydrogens (primary N) is 1. The monoisotopic (exact) mass is 248 g/mol. The van der Waals surface area contributed by atoms with Crippen LogP contribution < -0.4 is 5.73 Å². The van der Waals surface area contributed by atoms with E-state index in [2.05, 4.69) is 11.1 Å². The predicted molar refractivity (Wildman–Crippen MR) is 74.5 cm³/mol. The van der Waals surface area contributed by atoms with Crippen LogP contribution >= 0.6 is 0 Å². The summed E-state index contributed by atoms with van der Waals surface area (Å²) in [5.41, 5.74) is 10.0. The fourth-order valence-corrected chi connectivity index (χ4v) is 2.27. The Hall–Kier alpha value is -2.80. The van der Waals surface area contributed by atoms with Crippen LogP contribution in [0.5, 0.6) is 0 Å². The smallest absolute Gasteiger partial charge is 0.139 e. The molecule has 0 aliphatic rings. The van der Waals surface area contributed by atoms with Gasteiger partial charge in [-0.1, -0.05) is 24.3 Å². The van der Waals surface area contributed by atoms with Crippen molar-refractivity contribution in [2.45, 2.75) is 6.92 Å². The second-order valence-electron chi connectivity index (χ2n) is 4.36. The molecule has 2 N–H and O–H groups in total. The maximum atomic E-state index is 9.17. The van der Waals surface area contributed by atoms with Gasteiger partial charge in [0.2, 0.25) is 0 Å². The van der Waals surface area contributed by atoms with Gasteiger partial charge >= 0.3 is 0 Å². The number of aryl methyl sites for hydroxylation is 1. The van der Waals surface area contributed by atoms with Crippen LogP contribution in [0.15, 0.2) is 42.5 Å². The molecular formula is C15H12N4. The first-order valence-electron chi connectivity index (χ1n) is 5.95. The minimum atomic E-state index is 0.566. The first-order valence-corrected chi connectivity index (χ1v) is 5.95. The molecule has 0 saturated carbocycles. The molecule has 1 aromatic carbocycles. The third kappa shape index (κ3) is 1.64. The number of anilines is 1. The average Bonchev–Trinajstić information content (AvgIpc) is 2.77. The minimum absolute atomic E-state index is 0.566. The summed E-state index contributed by atoms with van der Waals surface area (Å²) >= 11 is 0. The number of fused-ring (bicyclic) bond motifs is 1. The first-order chi connectivity index (χ1) is 9.22. The molecule has 19 heavy (non-hydrogen) atoms. The second kappa shape index (κ2) is 4.14. The first kappa shape index (κ1) is 11.3. The Morgan fingerprint density at radius 3 is 2.68 bits per heavy atom. The minimum Gasteiger partial charge on any atom is -0.383 e. The Labute approximate surface area is 110 Å². The van der Waals surface area contributed by atoms with E-state index in [1.807, 2.05) is 47.7 Å². The lowest BCUT2D eigenvalue weighted by atomic mass is 10.1. The van der Waals surface area contributed by atoms with Gasteiger partial charge in [-0.25, -0.2) is 4.98 Å². The molecule has 0 aliphatic heterocycles. The van der Waals surface area contributed by atoms with Crippen molar-refractivity contribution >= 4 is 11.5 Å². The zero-order chi connectivity index (χ0) is 13.4. The molecule has 0 spiro atoms. The van der Waals surface area contributed by atoms with Crippen LogP contribution in [0.4, 0.5) is 5.82 Å². The van der Waals surface area contributed by atoms with Crippen LogP contribution in [-0.2, 0) is 0 Å². The van der Waals surface area contributed by atoms with Crippen molar-refractivity contribution in [1.82, 2.24) is 9.38 Å². The van der Waals surface area contributed by atoms with Crippen molar-refractivity contribution in [3.63, 3.8) is 0 Å². The normalized spacial score (nSPS) is 10.5. The van der Waals surface area contributed by atoms with Crippen molar-refractivity contribution in [3.05, 3.63) is 53.7 Å². The third-order valence-electron chi connectivity index (χ3n) is 3.18. The molecule has 0 bridgehead atoms. The predicted octanol–water partition coefficient (Wildman–Crippen LogP) is 2.76. The molecule has 2 aromatic heterocycles. The van der Waals surface area contributed by atoms with Crippen LogP contribution in [-0.4, -0.2) is 9.38 Å². The molecule has 0 saturated heterocycles. The lowest BCUT2D eigenvalue weighted by molar-refractivity contribution is 1.10. The highest BCUT2D eigenvalue weighted by molar-refractivity contribution is 5.79. The van der Waals surface area contributed by atoms with Crippen molar-refractivity contribution in [2.75, 3.05) is 5.73 Å². The third-order valence-corrected chi connectivity index (χ3v) is 3.18. The molecule has 0 unspecified atom stereocenters. The maximum Gasteiger partial charge on any atom is 0.139 e. The summed E-state index contributed by atoms with van der Waals surface area (Å²) in [6.45, 7) is 1.98. The standard InChI is InChI=1S/C15H12N4/c1-10-5-4-8-13-18-14(15(17)19(10)13)12-7-3-2-6-11(12)9-16/h2-8H,17H2,1H3. The Balaban J connectivity index is 2.36. The Morgan fingerprint density at radius 1 is 1.16 bits per heavy atom. The van der Waals surface area contributed by atoms with E-state index in [4.69, 9.17) is 5.73 Å². The summed E-state index contributed by atoms with van der Waals surface area (Å²) in [5.74, 6) is 0.566. The van der Waals surface area contributed by atoms with Gasteiger partial charge in [0.25, 0.3) is 0 Å². The molecule has 0 aliphatic carbocycles. The van der Waals surface area contributed by atoms with E-state index >= 15 is 0 Å². The number of rotatable bonds is 1. The van der Waals surface area contributed by atoms with E-state index in [0.717, 1.165) is 16.9 Å². The van der Waals surface area contributed by atoms with Crippen LogP contribution in [0.1, 0.15) is 11.3 Å². The van der Waals surface area contributed by atoms with Crippen molar-refractivity contribution < 1.29 is 0 Å². The van der Waals surface area contributed by atoms with Crippen LogP contribution in [0.25, 0.3) is 16.9 Å². The molecule has 0 radical (unpaired) electrons. The number of nitrogens with zero attached hydrogens (tertiary/aromatic N) is 3. The molecule has 0 amide bonds. The van der Waals surface area contributed by atoms with Gasteiger partial charge in [0.1, 0.15) is 17.2 Å². The zero-order valence-electron chi connectivity index (χ0n) is 10.5. The van der Waals surface area contributed by atoms with Gasteiger partial charge in [0.05, 0.1) is 11.6 Å². The maximum absolute atomic E-state index is 9.17. The highest BCUT2D eigenvalue weighted by Gasteiger charge is 2.14. The summed E-state index contributed by atoms with van der Waals surface area (Å²) in [6, 6.07) is 15.3. The van der Waals surface area contributed by atoms with Crippen molar-refractivity contribution in [2.24, 2.45) is 0 Å². The number of nitrogen functional groups attached to an aromatic ring is 1. The molecule has 4 nitrogen and oxygen atoms in total. The number of hydrogen-bond acceptors (Lipinski definition) is 3. The van der Waals surface area contributed by atoms with Crippen LogP contribution in [0, 0.1) is 18.3 Å². The zero-order valence-corrected chi connectivity index (χ0v) is 10.5. The van der Waals surface area contributed by atoms with E-state index in [-0.39, 0.29) is 0 Å². The second-order valence-corrected chi connectivity index (χ2v) is 4.36. The van der Waals surface area contributed by atoms with Crippen molar-refractivity contribution in [3.8, 4) is 17.3 Å². The molecule has 3 rings (SSSR count). The van der Waals surface area contributed by atoms with E-state index in [1.165, 1.54) is 0 Å². The quantitative estimate of drug-likeness (QED) is 0.720. The van der Waals surface area contributed by atoms with Gasteiger partial charge in [0, 0.05) is 11.3 Å². The summed E-state index contributed by atoms with van der Waals surface area (Å²) in [4.78, 5) is 4.54. The molecular weight excluding hydrogens is 236 g/mol. The fourth-order valence-electron chi connectivity index (χ4n) is 2.27. The van der Waals surface area contributed by atoms with Crippen LogP contribution in [0.2, 0.25) is 0 Å². The topological polar surface area (TPSA) is 67.1 Å². The summed E-state index contributed by atoms with van der Waals surface area (Å²) in [5, 5.41) is 9.17.